The van der Waals surface area contributed by atoms with Crippen LogP contribution in [0.2, 0.25) is 0 Å². The molecular formula is C15H18BrN3O2. The fraction of sp³-hybridized carbons (Fsp3) is 0.333. The number of aromatic hydroxyl groups is 1. The van der Waals surface area contributed by atoms with Crippen LogP contribution in [0.15, 0.2) is 28.7 Å². The molecule has 1 amide bonds. The highest BCUT2D eigenvalue weighted by atomic mass is 79.9. The van der Waals surface area contributed by atoms with E-state index in [-0.39, 0.29) is 17.6 Å². The van der Waals surface area contributed by atoms with E-state index >= 15 is 0 Å². The van der Waals surface area contributed by atoms with Crippen LogP contribution in [0.5, 0.6) is 5.75 Å². The van der Waals surface area contributed by atoms with Gasteiger partial charge >= 0.3 is 0 Å². The van der Waals surface area contributed by atoms with Crippen molar-refractivity contribution < 1.29 is 9.90 Å². The molecule has 1 aromatic heterocycles. The molecule has 0 spiro atoms. The topological polar surface area (TPSA) is 67.2 Å². The van der Waals surface area contributed by atoms with Gasteiger partial charge in [-0.25, -0.2) is 0 Å². The Morgan fingerprint density at radius 1 is 1.38 bits per heavy atom. The number of nitrogens with zero attached hydrogens (tertiary/aromatic N) is 2. The normalized spacial score (nSPS) is 12.2. The number of carbonyl (C=O) groups excluding carboxylic acids is 1. The minimum Gasteiger partial charge on any atom is -0.508 e. The van der Waals surface area contributed by atoms with E-state index < -0.39 is 0 Å². The number of phenolic OH excluding ortho intramolecular Hbond substituents is 1. The number of anilines is 1. The van der Waals surface area contributed by atoms with E-state index in [1.165, 1.54) is 0 Å². The van der Waals surface area contributed by atoms with Crippen LogP contribution in [0.1, 0.15) is 18.3 Å². The van der Waals surface area contributed by atoms with Crippen molar-refractivity contribution in [1.29, 1.82) is 0 Å². The summed E-state index contributed by atoms with van der Waals surface area (Å²) in [5.74, 6) is -0.124. The lowest BCUT2D eigenvalue weighted by Crippen LogP contribution is -2.25. The van der Waals surface area contributed by atoms with Crippen LogP contribution in [0.25, 0.3) is 0 Å². The number of carbonyl (C=O) groups is 1. The van der Waals surface area contributed by atoms with E-state index in [9.17, 15) is 9.90 Å². The molecule has 0 saturated carbocycles. The molecule has 2 aromatic rings. The van der Waals surface area contributed by atoms with Gasteiger partial charge in [0.2, 0.25) is 5.91 Å². The van der Waals surface area contributed by atoms with Gasteiger partial charge in [0.15, 0.2) is 0 Å². The highest BCUT2D eigenvalue weighted by Gasteiger charge is 2.17. The zero-order valence-corrected chi connectivity index (χ0v) is 13.8. The molecule has 5 nitrogen and oxygen atoms in total. The first-order chi connectivity index (χ1) is 9.88. The third kappa shape index (κ3) is 3.64. The Labute approximate surface area is 132 Å². The minimum atomic E-state index is -0.219. The predicted molar refractivity (Wildman–Crippen MR) is 85.3 cm³/mol. The molecule has 1 aromatic carbocycles. The van der Waals surface area contributed by atoms with Crippen molar-refractivity contribution in [1.82, 2.24) is 9.78 Å². The number of aromatic nitrogens is 2. The SMILES string of the molecule is Cc1nn(CC(C)C(=O)Nc2ccc(O)cc2)c(C)c1Br. The van der Waals surface area contributed by atoms with Crippen LogP contribution in [0.3, 0.4) is 0 Å². The predicted octanol–water partition coefficient (Wildman–Crippen LogP) is 3.24. The standard InChI is InChI=1S/C15H18BrN3O2/c1-9(8-19-11(3)14(16)10(2)18-19)15(21)17-12-4-6-13(20)7-5-12/h4-7,9,20H,8H2,1-3H3,(H,17,21). The molecule has 0 fully saturated rings. The molecule has 1 heterocycles. The van der Waals surface area contributed by atoms with Crippen molar-refractivity contribution >= 4 is 27.5 Å². The van der Waals surface area contributed by atoms with Crippen molar-refractivity contribution in [3.8, 4) is 5.75 Å². The molecule has 0 saturated heterocycles. The van der Waals surface area contributed by atoms with E-state index in [2.05, 4.69) is 26.3 Å². The van der Waals surface area contributed by atoms with Gasteiger partial charge < -0.3 is 10.4 Å². The van der Waals surface area contributed by atoms with E-state index in [1.807, 2.05) is 25.5 Å². The molecule has 0 radical (unpaired) electrons. The number of benzene rings is 1. The quantitative estimate of drug-likeness (QED) is 0.830. The number of amides is 1. The third-order valence-corrected chi connectivity index (χ3v) is 4.47. The number of hydrogen-bond acceptors (Lipinski definition) is 3. The van der Waals surface area contributed by atoms with Gasteiger partial charge in [-0.05, 0) is 54.0 Å². The Morgan fingerprint density at radius 2 is 2.00 bits per heavy atom. The Balaban J connectivity index is 2.02. The fourth-order valence-electron chi connectivity index (χ4n) is 2.01. The maximum Gasteiger partial charge on any atom is 0.229 e. The van der Waals surface area contributed by atoms with E-state index in [0.29, 0.717) is 12.2 Å². The summed E-state index contributed by atoms with van der Waals surface area (Å²) >= 11 is 3.48. The van der Waals surface area contributed by atoms with E-state index in [1.54, 1.807) is 24.3 Å². The first kappa shape index (κ1) is 15.6. The number of hydrogen-bond donors (Lipinski definition) is 2. The van der Waals surface area contributed by atoms with Crippen molar-refractivity contribution in [2.24, 2.45) is 5.92 Å². The summed E-state index contributed by atoms with van der Waals surface area (Å²) in [4.78, 5) is 12.2. The summed E-state index contributed by atoms with van der Waals surface area (Å²) < 4.78 is 2.81. The summed E-state index contributed by atoms with van der Waals surface area (Å²) in [7, 11) is 0. The summed E-state index contributed by atoms with van der Waals surface area (Å²) in [6.07, 6.45) is 0. The van der Waals surface area contributed by atoms with Crippen molar-refractivity contribution in [3.05, 3.63) is 40.1 Å². The molecule has 2 N–H and O–H groups in total. The first-order valence-electron chi connectivity index (χ1n) is 6.68. The molecule has 0 aliphatic carbocycles. The van der Waals surface area contributed by atoms with Crippen LogP contribution in [0.4, 0.5) is 5.69 Å². The second-order valence-electron chi connectivity index (χ2n) is 5.10. The molecule has 112 valence electrons. The molecular weight excluding hydrogens is 334 g/mol. The smallest absolute Gasteiger partial charge is 0.229 e. The lowest BCUT2D eigenvalue weighted by Gasteiger charge is -2.13. The van der Waals surface area contributed by atoms with Gasteiger partial charge in [0.25, 0.3) is 0 Å². The molecule has 0 bridgehead atoms. The molecule has 6 heteroatoms. The average Bonchev–Trinajstić information content (AvgIpc) is 2.69. The van der Waals surface area contributed by atoms with Gasteiger partial charge in [-0.3, -0.25) is 9.48 Å². The number of nitrogens with one attached hydrogen (secondary N) is 1. The fourth-order valence-corrected chi connectivity index (χ4v) is 2.29. The largest absolute Gasteiger partial charge is 0.508 e. The van der Waals surface area contributed by atoms with Crippen molar-refractivity contribution in [2.75, 3.05) is 5.32 Å². The third-order valence-electron chi connectivity index (χ3n) is 3.32. The van der Waals surface area contributed by atoms with Gasteiger partial charge in [0.05, 0.1) is 22.6 Å². The molecule has 21 heavy (non-hydrogen) atoms. The average molecular weight is 352 g/mol. The summed E-state index contributed by atoms with van der Waals surface area (Å²) in [6.45, 7) is 6.27. The molecule has 2 rings (SSSR count). The minimum absolute atomic E-state index is 0.0793. The van der Waals surface area contributed by atoms with Crippen LogP contribution in [0, 0.1) is 19.8 Å². The monoisotopic (exact) mass is 351 g/mol. The zero-order valence-electron chi connectivity index (χ0n) is 12.2. The Morgan fingerprint density at radius 3 is 2.52 bits per heavy atom. The van der Waals surface area contributed by atoms with E-state index in [0.717, 1.165) is 15.9 Å². The number of aryl methyl sites for hydroxylation is 1. The Hall–Kier alpha value is -1.82. The highest BCUT2D eigenvalue weighted by molar-refractivity contribution is 9.10. The first-order valence-corrected chi connectivity index (χ1v) is 7.47. The maximum atomic E-state index is 12.2. The second kappa shape index (κ2) is 6.30. The van der Waals surface area contributed by atoms with Crippen LogP contribution in [-0.2, 0) is 11.3 Å². The molecule has 0 aliphatic heterocycles. The molecule has 1 unspecified atom stereocenters. The van der Waals surface area contributed by atoms with Crippen LogP contribution >= 0.6 is 15.9 Å². The van der Waals surface area contributed by atoms with Gasteiger partial charge in [-0.15, -0.1) is 0 Å². The van der Waals surface area contributed by atoms with Crippen LogP contribution < -0.4 is 5.32 Å². The summed E-state index contributed by atoms with van der Waals surface area (Å²) in [5, 5.41) is 16.5. The molecule has 1 atom stereocenters. The van der Waals surface area contributed by atoms with Gasteiger partial charge in [-0.1, -0.05) is 6.92 Å². The lowest BCUT2D eigenvalue weighted by atomic mass is 10.1. The number of halogens is 1. The number of rotatable bonds is 4. The van der Waals surface area contributed by atoms with Crippen LogP contribution in [-0.4, -0.2) is 20.8 Å². The second-order valence-corrected chi connectivity index (χ2v) is 5.90. The summed E-state index contributed by atoms with van der Waals surface area (Å²) in [6, 6.07) is 6.41. The van der Waals surface area contributed by atoms with Crippen molar-refractivity contribution in [2.45, 2.75) is 27.3 Å². The van der Waals surface area contributed by atoms with Gasteiger partial charge in [0, 0.05) is 11.4 Å². The summed E-state index contributed by atoms with van der Waals surface area (Å²) in [5.41, 5.74) is 2.59. The lowest BCUT2D eigenvalue weighted by molar-refractivity contribution is -0.119. The zero-order chi connectivity index (χ0) is 15.6. The highest BCUT2D eigenvalue weighted by Crippen LogP contribution is 2.21. The Bertz CT molecular complexity index is 650. The maximum absolute atomic E-state index is 12.2. The molecule has 0 aliphatic rings. The Kier molecular flexibility index (Phi) is 4.67. The van der Waals surface area contributed by atoms with Gasteiger partial charge in [0.1, 0.15) is 5.75 Å². The van der Waals surface area contributed by atoms with Crippen molar-refractivity contribution in [3.63, 3.8) is 0 Å². The van der Waals surface area contributed by atoms with Gasteiger partial charge in [-0.2, -0.15) is 5.10 Å². The van der Waals surface area contributed by atoms with E-state index in [4.69, 9.17) is 0 Å². The number of phenols is 1.